The molecule has 0 aliphatic carbocycles. The zero-order valence-electron chi connectivity index (χ0n) is 26.0. The Morgan fingerprint density at radius 3 is 2.27 bits per heavy atom. The molecule has 0 aromatic heterocycles. The molecule has 2 aromatic rings. The summed E-state index contributed by atoms with van der Waals surface area (Å²) >= 11 is 6.67. The van der Waals surface area contributed by atoms with E-state index in [1.807, 2.05) is 24.3 Å². The summed E-state index contributed by atoms with van der Waals surface area (Å²) < 4.78 is 36.0. The van der Waals surface area contributed by atoms with Gasteiger partial charge in [0.15, 0.2) is 9.84 Å². The van der Waals surface area contributed by atoms with Crippen LogP contribution < -0.4 is 30.7 Å². The first-order valence-electron chi connectivity index (χ1n) is 15.4. The molecule has 2 heterocycles. The van der Waals surface area contributed by atoms with Crippen LogP contribution >= 0.6 is 11.6 Å². The van der Waals surface area contributed by atoms with Gasteiger partial charge in [0.25, 0.3) is 0 Å². The Labute approximate surface area is 269 Å². The molecule has 2 fully saturated rings. The summed E-state index contributed by atoms with van der Waals surface area (Å²) in [5.41, 5.74) is 1.08. The number of carbonyl (C=O) groups is 3. The summed E-state index contributed by atoms with van der Waals surface area (Å²) in [5, 5.41) is 12.7. The van der Waals surface area contributed by atoms with Crippen molar-refractivity contribution >= 4 is 56.1 Å². The van der Waals surface area contributed by atoms with Crippen LogP contribution in [-0.2, 0) is 19.4 Å². The highest BCUT2D eigenvalue weighted by molar-refractivity contribution is 7.92. The molecule has 13 heteroatoms. The molecule has 0 spiro atoms. The van der Waals surface area contributed by atoms with Crippen LogP contribution in [0.2, 0.25) is 5.02 Å². The number of benzene rings is 2. The number of nitrogens with one attached hydrogen (secondary N) is 4. The third-order valence-electron chi connectivity index (χ3n) is 8.40. The van der Waals surface area contributed by atoms with E-state index in [1.54, 1.807) is 27.2 Å². The summed E-state index contributed by atoms with van der Waals surface area (Å²) in [7, 11) is -0.120. The van der Waals surface area contributed by atoms with Crippen molar-refractivity contribution in [1.29, 1.82) is 0 Å². The maximum atomic E-state index is 12.8. The summed E-state index contributed by atoms with van der Waals surface area (Å²) in [5.74, 6) is 0.831. The van der Waals surface area contributed by atoms with Crippen molar-refractivity contribution in [3.63, 3.8) is 0 Å². The van der Waals surface area contributed by atoms with Gasteiger partial charge in [-0.1, -0.05) is 55.1 Å². The van der Waals surface area contributed by atoms with E-state index in [2.05, 4.69) is 21.3 Å². The fourth-order valence-electron chi connectivity index (χ4n) is 6.09. The second kappa shape index (κ2) is 15.7. The molecule has 11 nitrogen and oxygen atoms in total. The van der Waals surface area contributed by atoms with Crippen molar-refractivity contribution in [3.05, 3.63) is 40.4 Å². The summed E-state index contributed by atoms with van der Waals surface area (Å²) in [6, 6.07) is 6.58. The van der Waals surface area contributed by atoms with Gasteiger partial charge in [0, 0.05) is 41.4 Å². The van der Waals surface area contributed by atoms with E-state index < -0.39 is 15.1 Å². The van der Waals surface area contributed by atoms with Crippen molar-refractivity contribution in [1.82, 2.24) is 21.3 Å². The second-order valence-electron chi connectivity index (χ2n) is 11.6. The first-order chi connectivity index (χ1) is 21.6. The molecular weight excluding hydrogens is 620 g/mol. The number of amides is 4. The number of ether oxygens (including phenoxy) is 2. The molecular formula is C32H43ClN4O7S. The number of halogens is 1. The average molecular weight is 663 g/mol. The Balaban J connectivity index is 1.10. The van der Waals surface area contributed by atoms with E-state index >= 15 is 0 Å². The fourth-order valence-corrected chi connectivity index (χ4v) is 8.68. The highest BCUT2D eigenvalue weighted by Gasteiger charge is 2.51. The van der Waals surface area contributed by atoms with Crippen molar-refractivity contribution in [2.45, 2.75) is 75.6 Å². The van der Waals surface area contributed by atoms with E-state index in [-0.39, 0.29) is 35.7 Å². The van der Waals surface area contributed by atoms with Crippen molar-refractivity contribution < 1.29 is 32.3 Å². The smallest absolute Gasteiger partial charge is 0.315 e. The number of urea groups is 1. The number of unbranched alkanes of at least 4 members (excludes halogenated alkanes) is 4. The Morgan fingerprint density at radius 2 is 1.60 bits per heavy atom. The molecule has 2 saturated heterocycles. The van der Waals surface area contributed by atoms with Crippen LogP contribution in [0.5, 0.6) is 11.5 Å². The minimum atomic E-state index is -3.25. The molecule has 0 bridgehead atoms. The van der Waals surface area contributed by atoms with E-state index in [4.69, 9.17) is 21.1 Å². The predicted molar refractivity (Wildman–Crippen MR) is 175 cm³/mol. The number of fused-ring (bicyclic) bond motifs is 2. The van der Waals surface area contributed by atoms with Gasteiger partial charge in [-0.15, -0.1) is 0 Å². The number of rotatable bonds is 16. The van der Waals surface area contributed by atoms with Crippen molar-refractivity contribution in [2.24, 2.45) is 0 Å². The normalized spacial score (nSPS) is 20.3. The number of hydrogen-bond acceptors (Lipinski definition) is 7. The zero-order chi connectivity index (χ0) is 32.6. The Hall–Kier alpha value is -3.51. The van der Waals surface area contributed by atoms with Gasteiger partial charge in [0.2, 0.25) is 11.8 Å². The van der Waals surface area contributed by atoms with E-state index in [0.29, 0.717) is 66.4 Å². The standard InChI is InChI=1S/C32H43ClN4O7S/c1-20(18-23-27(33)30(44-3)22-13-7-6-12-21(22)29(23)43-2)31(39)35-17-11-5-4-10-16-34-26(38)15-9-8-14-25-28-24(19-45(25,41)42)36-32(40)37-28/h6-7,12-13,18,24-25,28H,4-5,8-11,14-17,19H2,1-3H3,(H,34,38)(H,35,39)(H2,36,37,40)/b20-18+. The molecule has 4 rings (SSSR count). The van der Waals surface area contributed by atoms with E-state index in [1.165, 1.54) is 0 Å². The predicted octanol–water partition coefficient (Wildman–Crippen LogP) is 4.11. The molecule has 2 aliphatic heterocycles. The lowest BCUT2D eigenvalue weighted by Gasteiger charge is -2.16. The van der Waals surface area contributed by atoms with Gasteiger partial charge in [0.1, 0.15) is 11.5 Å². The van der Waals surface area contributed by atoms with Gasteiger partial charge < -0.3 is 30.7 Å². The maximum Gasteiger partial charge on any atom is 0.315 e. The van der Waals surface area contributed by atoms with Gasteiger partial charge in [-0.2, -0.15) is 0 Å². The van der Waals surface area contributed by atoms with Gasteiger partial charge in [-0.3, -0.25) is 9.59 Å². The second-order valence-corrected chi connectivity index (χ2v) is 14.2. The lowest BCUT2D eigenvalue weighted by atomic mass is 10.0. The molecule has 3 unspecified atom stereocenters. The third-order valence-corrected chi connectivity index (χ3v) is 11.0. The van der Waals surface area contributed by atoms with Gasteiger partial charge in [-0.05, 0) is 38.7 Å². The topological polar surface area (TPSA) is 152 Å². The van der Waals surface area contributed by atoms with Crippen molar-refractivity contribution in [2.75, 3.05) is 33.1 Å². The zero-order valence-corrected chi connectivity index (χ0v) is 27.6. The van der Waals surface area contributed by atoms with Crippen LogP contribution in [-0.4, -0.2) is 76.7 Å². The van der Waals surface area contributed by atoms with Crippen LogP contribution in [0.4, 0.5) is 4.79 Å². The highest BCUT2D eigenvalue weighted by Crippen LogP contribution is 2.44. The molecule has 3 atom stereocenters. The summed E-state index contributed by atoms with van der Waals surface area (Å²) in [4.78, 5) is 36.5. The van der Waals surface area contributed by atoms with Gasteiger partial charge >= 0.3 is 6.03 Å². The van der Waals surface area contributed by atoms with Crippen LogP contribution in [0.25, 0.3) is 16.8 Å². The SMILES string of the molecule is COc1c(Cl)c(/C=C(\C)C(=O)NCCCCCCNC(=O)CCCCC2C3NC(=O)NC3CS2(=O)=O)c(OC)c2ccccc12. The third kappa shape index (κ3) is 8.40. The Kier molecular flexibility index (Phi) is 12.0. The van der Waals surface area contributed by atoms with Crippen LogP contribution in [0.3, 0.4) is 0 Å². The van der Waals surface area contributed by atoms with Gasteiger partial charge in [0.05, 0.1) is 42.3 Å². The summed E-state index contributed by atoms with van der Waals surface area (Å²) in [6.45, 7) is 2.83. The molecule has 2 aliphatic rings. The largest absolute Gasteiger partial charge is 0.495 e. The number of methoxy groups -OCH3 is 2. The molecule has 0 radical (unpaired) electrons. The lowest BCUT2D eigenvalue weighted by Crippen LogP contribution is -2.39. The summed E-state index contributed by atoms with van der Waals surface area (Å²) in [6.07, 6.45) is 7.15. The minimum absolute atomic E-state index is 0.0301. The first-order valence-corrected chi connectivity index (χ1v) is 17.5. The van der Waals surface area contributed by atoms with Crippen LogP contribution in [0, 0.1) is 0 Å². The number of sulfone groups is 1. The molecule has 246 valence electrons. The van der Waals surface area contributed by atoms with Gasteiger partial charge in [-0.25, -0.2) is 13.2 Å². The van der Waals surface area contributed by atoms with Crippen LogP contribution in [0.1, 0.15) is 63.9 Å². The molecule has 0 saturated carbocycles. The average Bonchev–Trinajstić information content (AvgIpc) is 3.47. The van der Waals surface area contributed by atoms with Crippen molar-refractivity contribution in [3.8, 4) is 11.5 Å². The lowest BCUT2D eigenvalue weighted by molar-refractivity contribution is -0.121. The van der Waals surface area contributed by atoms with E-state index in [9.17, 15) is 22.8 Å². The van der Waals surface area contributed by atoms with E-state index in [0.717, 1.165) is 36.5 Å². The minimum Gasteiger partial charge on any atom is -0.495 e. The monoisotopic (exact) mass is 662 g/mol. The van der Waals surface area contributed by atoms with Crippen LogP contribution in [0.15, 0.2) is 29.8 Å². The maximum absolute atomic E-state index is 12.8. The molecule has 45 heavy (non-hydrogen) atoms. The quantitative estimate of drug-likeness (QED) is 0.120. The molecule has 2 aromatic carbocycles. The Morgan fingerprint density at radius 1 is 0.956 bits per heavy atom. The number of hydrogen-bond donors (Lipinski definition) is 4. The number of carbonyl (C=O) groups excluding carboxylic acids is 3. The fraction of sp³-hybridized carbons (Fsp3) is 0.531. The molecule has 4 amide bonds. The highest BCUT2D eigenvalue weighted by atomic mass is 35.5. The Bertz CT molecular complexity index is 1550. The molecule has 4 N–H and O–H groups in total. The first kappa shape index (κ1) is 34.4.